The van der Waals surface area contributed by atoms with Gasteiger partial charge in [0.05, 0.1) is 0 Å². The van der Waals surface area contributed by atoms with Gasteiger partial charge in [0.2, 0.25) is 0 Å². The quantitative estimate of drug-likeness (QED) is 0.634. The van der Waals surface area contributed by atoms with Gasteiger partial charge in [0.1, 0.15) is 0 Å². The van der Waals surface area contributed by atoms with E-state index in [4.69, 9.17) is 0 Å². The fraction of sp³-hybridized carbons (Fsp3) is 1.00. The molecule has 0 amide bonds. The zero-order valence-corrected chi connectivity index (χ0v) is 11.6. The predicted molar refractivity (Wildman–Crippen MR) is 72.8 cm³/mol. The van der Waals surface area contributed by atoms with Crippen molar-refractivity contribution in [2.24, 2.45) is 11.3 Å². The van der Waals surface area contributed by atoms with E-state index in [0.717, 1.165) is 5.92 Å². The van der Waals surface area contributed by atoms with Crippen LogP contribution in [0.25, 0.3) is 0 Å². The second-order valence-corrected chi connectivity index (χ2v) is 5.84. The molecule has 0 aromatic heterocycles. The van der Waals surface area contributed by atoms with Crippen LogP contribution in [0.15, 0.2) is 0 Å². The molecule has 1 aliphatic rings. The van der Waals surface area contributed by atoms with Gasteiger partial charge in [-0.3, -0.25) is 0 Å². The second kappa shape index (κ2) is 7.32. The second-order valence-electron chi connectivity index (χ2n) is 5.84. The molecule has 1 fully saturated rings. The molecule has 1 atom stereocenters. The fourth-order valence-corrected chi connectivity index (χ4v) is 3.14. The molecule has 1 heterocycles. The average molecular weight is 225 g/mol. The maximum atomic E-state index is 3.49. The van der Waals surface area contributed by atoms with E-state index in [0.29, 0.717) is 5.41 Å². The van der Waals surface area contributed by atoms with Crippen molar-refractivity contribution in [3.8, 4) is 0 Å². The van der Waals surface area contributed by atoms with Gasteiger partial charge in [0, 0.05) is 0 Å². The Balaban J connectivity index is 2.35. The molecule has 96 valence electrons. The third-order valence-electron chi connectivity index (χ3n) is 4.73. The van der Waals surface area contributed by atoms with Crippen molar-refractivity contribution in [2.75, 3.05) is 13.1 Å². The maximum Gasteiger partial charge on any atom is -0.00461 e. The molecule has 0 aliphatic carbocycles. The van der Waals surface area contributed by atoms with Crippen LogP contribution < -0.4 is 5.32 Å². The van der Waals surface area contributed by atoms with Crippen molar-refractivity contribution in [3.05, 3.63) is 0 Å². The summed E-state index contributed by atoms with van der Waals surface area (Å²) in [6.45, 7) is 9.72. The number of unbranched alkanes of at least 4 members (excludes halogenated alkanes) is 3. The topological polar surface area (TPSA) is 12.0 Å². The molecule has 0 saturated carbocycles. The van der Waals surface area contributed by atoms with Crippen molar-refractivity contribution in [3.63, 3.8) is 0 Å². The van der Waals surface area contributed by atoms with Crippen LogP contribution in [0.3, 0.4) is 0 Å². The molecule has 1 nitrogen and oxygen atoms in total. The van der Waals surface area contributed by atoms with Gasteiger partial charge in [0.15, 0.2) is 0 Å². The maximum absolute atomic E-state index is 3.49. The summed E-state index contributed by atoms with van der Waals surface area (Å²) in [7, 11) is 0. The van der Waals surface area contributed by atoms with E-state index in [1.807, 2.05) is 0 Å². The standard InChI is InChI=1S/C15H31N/c1-4-6-7-8-11-15(3,5-2)14-9-12-16-13-10-14/h14,16H,4-13H2,1-3H3. The minimum atomic E-state index is 0.621. The molecule has 1 rings (SSSR count). The lowest BCUT2D eigenvalue weighted by atomic mass is 9.68. The molecule has 0 radical (unpaired) electrons. The van der Waals surface area contributed by atoms with Crippen molar-refractivity contribution >= 4 is 0 Å². The minimum absolute atomic E-state index is 0.621. The summed E-state index contributed by atoms with van der Waals surface area (Å²) >= 11 is 0. The average Bonchev–Trinajstić information content (AvgIpc) is 2.35. The van der Waals surface area contributed by atoms with Gasteiger partial charge in [-0.2, -0.15) is 0 Å². The SMILES string of the molecule is CCCCCCC(C)(CC)C1CCNCC1. The first-order valence-corrected chi connectivity index (χ1v) is 7.43. The summed E-state index contributed by atoms with van der Waals surface area (Å²) in [6, 6.07) is 0. The van der Waals surface area contributed by atoms with Gasteiger partial charge < -0.3 is 5.32 Å². The first-order chi connectivity index (χ1) is 7.73. The van der Waals surface area contributed by atoms with Gasteiger partial charge in [-0.15, -0.1) is 0 Å². The van der Waals surface area contributed by atoms with E-state index in [1.54, 1.807) is 0 Å². The molecule has 0 spiro atoms. The van der Waals surface area contributed by atoms with E-state index < -0.39 is 0 Å². The molecule has 16 heavy (non-hydrogen) atoms. The van der Waals surface area contributed by atoms with Gasteiger partial charge in [-0.05, 0) is 43.7 Å². The van der Waals surface area contributed by atoms with E-state index in [1.165, 1.54) is 64.5 Å². The molecule has 1 saturated heterocycles. The molecular formula is C15H31N. The van der Waals surface area contributed by atoms with Crippen LogP contribution in [0.4, 0.5) is 0 Å². The summed E-state index contributed by atoms with van der Waals surface area (Å²) in [5, 5.41) is 3.49. The fourth-order valence-electron chi connectivity index (χ4n) is 3.14. The Bertz CT molecular complexity index is 172. The van der Waals surface area contributed by atoms with E-state index in [-0.39, 0.29) is 0 Å². The lowest BCUT2D eigenvalue weighted by Gasteiger charge is -2.40. The number of piperidine rings is 1. The normalized spacial score (nSPS) is 21.9. The Labute approximate surface area is 102 Å². The first-order valence-electron chi connectivity index (χ1n) is 7.43. The molecular weight excluding hydrogens is 194 g/mol. The van der Waals surface area contributed by atoms with Gasteiger partial charge in [0.25, 0.3) is 0 Å². The number of hydrogen-bond acceptors (Lipinski definition) is 1. The largest absolute Gasteiger partial charge is 0.317 e. The van der Waals surface area contributed by atoms with Crippen molar-refractivity contribution in [1.29, 1.82) is 0 Å². The Hall–Kier alpha value is -0.0400. The summed E-state index contributed by atoms with van der Waals surface area (Å²) < 4.78 is 0. The molecule has 1 unspecified atom stereocenters. The first kappa shape index (κ1) is 14.0. The Morgan fingerprint density at radius 3 is 2.31 bits per heavy atom. The minimum Gasteiger partial charge on any atom is -0.317 e. The molecule has 0 aromatic rings. The van der Waals surface area contributed by atoms with Crippen LogP contribution in [-0.2, 0) is 0 Å². The smallest absolute Gasteiger partial charge is 0.00461 e. The monoisotopic (exact) mass is 225 g/mol. The summed E-state index contributed by atoms with van der Waals surface area (Å²) in [4.78, 5) is 0. The number of nitrogens with one attached hydrogen (secondary N) is 1. The summed E-state index contributed by atoms with van der Waals surface area (Å²) in [6.07, 6.45) is 11.3. The number of rotatable bonds is 7. The van der Waals surface area contributed by atoms with E-state index >= 15 is 0 Å². The van der Waals surface area contributed by atoms with Crippen LogP contribution in [0.5, 0.6) is 0 Å². The highest BCUT2D eigenvalue weighted by Crippen LogP contribution is 2.41. The molecule has 0 bridgehead atoms. The lowest BCUT2D eigenvalue weighted by molar-refractivity contribution is 0.121. The highest BCUT2D eigenvalue weighted by molar-refractivity contribution is 4.84. The third kappa shape index (κ3) is 4.08. The van der Waals surface area contributed by atoms with Crippen LogP contribution in [0, 0.1) is 11.3 Å². The van der Waals surface area contributed by atoms with Crippen LogP contribution >= 0.6 is 0 Å². The molecule has 1 N–H and O–H groups in total. The molecule has 0 aromatic carbocycles. The predicted octanol–water partition coefficient (Wildman–Crippen LogP) is 4.37. The Kier molecular flexibility index (Phi) is 6.41. The summed E-state index contributed by atoms with van der Waals surface area (Å²) in [5.41, 5.74) is 0.621. The highest BCUT2D eigenvalue weighted by Gasteiger charge is 2.32. The highest BCUT2D eigenvalue weighted by atomic mass is 14.9. The zero-order chi connectivity index (χ0) is 11.9. The molecule has 1 aliphatic heterocycles. The van der Waals surface area contributed by atoms with Crippen molar-refractivity contribution in [2.45, 2.75) is 72.1 Å². The van der Waals surface area contributed by atoms with Gasteiger partial charge in [-0.25, -0.2) is 0 Å². The zero-order valence-electron chi connectivity index (χ0n) is 11.6. The van der Waals surface area contributed by atoms with E-state index in [2.05, 4.69) is 26.1 Å². The van der Waals surface area contributed by atoms with Crippen LogP contribution in [-0.4, -0.2) is 13.1 Å². The van der Waals surface area contributed by atoms with Gasteiger partial charge in [-0.1, -0.05) is 52.9 Å². The van der Waals surface area contributed by atoms with Crippen LogP contribution in [0.2, 0.25) is 0 Å². The lowest BCUT2D eigenvalue weighted by Crippen LogP contribution is -2.37. The van der Waals surface area contributed by atoms with Crippen molar-refractivity contribution < 1.29 is 0 Å². The van der Waals surface area contributed by atoms with E-state index in [9.17, 15) is 0 Å². The Morgan fingerprint density at radius 1 is 1.06 bits per heavy atom. The summed E-state index contributed by atoms with van der Waals surface area (Å²) in [5.74, 6) is 0.973. The van der Waals surface area contributed by atoms with Gasteiger partial charge >= 0.3 is 0 Å². The van der Waals surface area contributed by atoms with Crippen molar-refractivity contribution in [1.82, 2.24) is 5.32 Å². The third-order valence-corrected chi connectivity index (χ3v) is 4.73. The Morgan fingerprint density at radius 2 is 1.75 bits per heavy atom. The molecule has 1 heteroatoms. The number of hydrogen-bond donors (Lipinski definition) is 1. The van der Waals surface area contributed by atoms with Crippen LogP contribution in [0.1, 0.15) is 72.1 Å².